The van der Waals surface area contributed by atoms with Crippen LogP contribution in [-0.2, 0) is 4.74 Å². The van der Waals surface area contributed by atoms with Crippen LogP contribution in [-0.4, -0.2) is 37.0 Å². The van der Waals surface area contributed by atoms with Gasteiger partial charge >= 0.3 is 0 Å². The van der Waals surface area contributed by atoms with Crippen LogP contribution in [0.3, 0.4) is 0 Å². The molecule has 1 heterocycles. The first kappa shape index (κ1) is 6.99. The molecule has 3 heteroatoms. The molecule has 3 nitrogen and oxygen atoms in total. The summed E-state index contributed by atoms with van der Waals surface area (Å²) in [4.78, 5) is 0. The normalized spacial score (nSPS) is 36.7. The van der Waals surface area contributed by atoms with Gasteiger partial charge in [0.1, 0.15) is 0 Å². The van der Waals surface area contributed by atoms with Crippen LogP contribution >= 0.6 is 0 Å². The quantitative estimate of drug-likeness (QED) is 0.513. The van der Waals surface area contributed by atoms with Gasteiger partial charge in [0.05, 0.1) is 19.3 Å². The number of rotatable bonds is 1. The second-order valence-electron chi connectivity index (χ2n) is 2.35. The van der Waals surface area contributed by atoms with E-state index < -0.39 is 0 Å². The maximum Gasteiger partial charge on any atom is 0.0947 e. The molecule has 0 bridgehead atoms. The topological polar surface area (TPSA) is 43.6 Å². The molecular formula is C6H12NO2. The monoisotopic (exact) mass is 130 g/mol. The number of hydrogen-bond donors (Lipinski definition) is 1. The first-order valence-electron chi connectivity index (χ1n) is 3.22. The van der Waals surface area contributed by atoms with Crippen molar-refractivity contribution >= 4 is 0 Å². The largest absolute Gasteiger partial charge is 0.394 e. The summed E-state index contributed by atoms with van der Waals surface area (Å²) in [6.45, 7) is 3.41. The highest BCUT2D eigenvalue weighted by molar-refractivity contribution is 4.70. The molecular weight excluding hydrogens is 118 g/mol. The Labute approximate surface area is 55.0 Å². The van der Waals surface area contributed by atoms with Crippen molar-refractivity contribution in [2.24, 2.45) is 0 Å². The highest BCUT2D eigenvalue weighted by Crippen LogP contribution is 2.00. The molecule has 0 saturated carbocycles. The molecule has 0 aromatic heterocycles. The lowest BCUT2D eigenvalue weighted by Crippen LogP contribution is -2.41. The molecule has 1 radical (unpaired) electrons. The van der Waals surface area contributed by atoms with Gasteiger partial charge in [0.2, 0.25) is 0 Å². The molecule has 1 aliphatic heterocycles. The minimum absolute atomic E-state index is 0.0406. The molecule has 1 aliphatic rings. The van der Waals surface area contributed by atoms with Crippen molar-refractivity contribution in [1.82, 2.24) is 5.32 Å². The van der Waals surface area contributed by atoms with Gasteiger partial charge in [-0.3, -0.25) is 0 Å². The molecule has 0 aliphatic carbocycles. The predicted molar refractivity (Wildman–Crippen MR) is 33.3 cm³/mol. The van der Waals surface area contributed by atoms with E-state index in [1.807, 2.05) is 6.92 Å². The lowest BCUT2D eigenvalue weighted by atomic mass is 10.2. The van der Waals surface area contributed by atoms with Gasteiger partial charge in [-0.1, -0.05) is 0 Å². The van der Waals surface area contributed by atoms with Gasteiger partial charge < -0.3 is 9.84 Å². The molecule has 2 atom stereocenters. The molecule has 0 aromatic rings. The van der Waals surface area contributed by atoms with Gasteiger partial charge in [0, 0.05) is 12.6 Å². The fraction of sp³-hybridized carbons (Fsp3) is 1.00. The van der Waals surface area contributed by atoms with Crippen LogP contribution in [0, 0.1) is 0 Å². The van der Waals surface area contributed by atoms with E-state index in [2.05, 4.69) is 5.32 Å². The van der Waals surface area contributed by atoms with Crippen LogP contribution in [0.1, 0.15) is 6.92 Å². The number of aliphatic hydroxyl groups is 1. The molecule has 0 aromatic carbocycles. The Bertz CT molecular complexity index is 79.1. The third kappa shape index (κ3) is 1.93. The van der Waals surface area contributed by atoms with Crippen LogP contribution in [0.5, 0.6) is 0 Å². The summed E-state index contributed by atoms with van der Waals surface area (Å²) in [7, 11) is 0. The van der Waals surface area contributed by atoms with Gasteiger partial charge in [-0.15, -0.1) is 0 Å². The Morgan fingerprint density at radius 2 is 2.56 bits per heavy atom. The van der Waals surface area contributed by atoms with E-state index in [1.54, 1.807) is 0 Å². The van der Waals surface area contributed by atoms with E-state index in [0.29, 0.717) is 19.2 Å². The van der Waals surface area contributed by atoms with Crippen molar-refractivity contribution in [3.63, 3.8) is 0 Å². The standard InChI is InChI=1S/C6H12NO2/c1-5-4-9-6(3-8)2-7-5/h5-6,8H,2-4H2,1H3/t5-,6-/m0/s1. The molecule has 9 heavy (non-hydrogen) atoms. The number of nitrogens with zero attached hydrogens (tertiary/aromatic N) is 1. The van der Waals surface area contributed by atoms with E-state index in [9.17, 15) is 0 Å². The number of morpholine rings is 1. The smallest absolute Gasteiger partial charge is 0.0947 e. The fourth-order valence-corrected chi connectivity index (χ4v) is 0.789. The van der Waals surface area contributed by atoms with Crippen LogP contribution in [0.25, 0.3) is 0 Å². The zero-order valence-electron chi connectivity index (χ0n) is 5.58. The fourth-order valence-electron chi connectivity index (χ4n) is 0.789. The summed E-state index contributed by atoms with van der Waals surface area (Å²) in [5, 5.41) is 12.8. The predicted octanol–water partition coefficient (Wildman–Crippen LogP) is -0.630. The van der Waals surface area contributed by atoms with E-state index >= 15 is 0 Å². The summed E-state index contributed by atoms with van der Waals surface area (Å²) in [6.07, 6.45) is -0.0406. The van der Waals surface area contributed by atoms with Gasteiger partial charge in [0.15, 0.2) is 0 Å². The van der Waals surface area contributed by atoms with Gasteiger partial charge in [-0.05, 0) is 6.92 Å². The van der Waals surface area contributed by atoms with Crippen molar-refractivity contribution in [2.75, 3.05) is 19.8 Å². The van der Waals surface area contributed by atoms with Crippen LogP contribution in [0.2, 0.25) is 0 Å². The molecule has 1 rings (SSSR count). The number of ether oxygens (including phenoxy) is 1. The second-order valence-corrected chi connectivity index (χ2v) is 2.35. The number of hydrogen-bond acceptors (Lipinski definition) is 2. The summed E-state index contributed by atoms with van der Waals surface area (Å²) in [6, 6.07) is 0.313. The van der Waals surface area contributed by atoms with Crippen molar-refractivity contribution in [3.05, 3.63) is 0 Å². The lowest BCUT2D eigenvalue weighted by Gasteiger charge is -2.24. The third-order valence-corrected chi connectivity index (χ3v) is 1.40. The van der Waals surface area contributed by atoms with Crippen LogP contribution in [0.15, 0.2) is 0 Å². The van der Waals surface area contributed by atoms with E-state index in [4.69, 9.17) is 9.84 Å². The molecule has 0 spiro atoms. The molecule has 1 N–H and O–H groups in total. The van der Waals surface area contributed by atoms with Crippen molar-refractivity contribution in [2.45, 2.75) is 19.1 Å². The Hall–Kier alpha value is -0.120. The van der Waals surface area contributed by atoms with Crippen molar-refractivity contribution in [1.29, 1.82) is 0 Å². The summed E-state index contributed by atoms with van der Waals surface area (Å²) in [5.74, 6) is 0. The Kier molecular flexibility index (Phi) is 2.45. The van der Waals surface area contributed by atoms with Gasteiger partial charge in [0.25, 0.3) is 0 Å². The Balaban J connectivity index is 2.18. The van der Waals surface area contributed by atoms with Gasteiger partial charge in [-0.2, -0.15) is 0 Å². The highest BCUT2D eigenvalue weighted by atomic mass is 16.5. The number of aliphatic hydroxyl groups excluding tert-OH is 1. The SMILES string of the molecule is C[C@H]1CO[C@H](CO)C[N]1. The average Bonchev–Trinajstić information content (AvgIpc) is 1.90. The van der Waals surface area contributed by atoms with Crippen LogP contribution in [0.4, 0.5) is 0 Å². The Morgan fingerprint density at radius 3 is 3.00 bits per heavy atom. The molecule has 0 amide bonds. The first-order chi connectivity index (χ1) is 4.33. The summed E-state index contributed by atoms with van der Waals surface area (Å²) < 4.78 is 5.20. The minimum Gasteiger partial charge on any atom is -0.394 e. The maximum absolute atomic E-state index is 8.59. The Morgan fingerprint density at radius 1 is 1.78 bits per heavy atom. The van der Waals surface area contributed by atoms with Crippen molar-refractivity contribution < 1.29 is 9.84 Å². The third-order valence-electron chi connectivity index (χ3n) is 1.40. The highest BCUT2D eigenvalue weighted by Gasteiger charge is 2.17. The lowest BCUT2D eigenvalue weighted by molar-refractivity contribution is -0.0238. The van der Waals surface area contributed by atoms with Crippen LogP contribution < -0.4 is 5.32 Å². The zero-order valence-corrected chi connectivity index (χ0v) is 5.58. The summed E-state index contributed by atoms with van der Waals surface area (Å²) in [5.41, 5.74) is 0. The average molecular weight is 130 g/mol. The van der Waals surface area contributed by atoms with Crippen molar-refractivity contribution in [3.8, 4) is 0 Å². The maximum atomic E-state index is 8.59. The zero-order chi connectivity index (χ0) is 6.69. The van der Waals surface area contributed by atoms with E-state index in [1.165, 1.54) is 0 Å². The molecule has 0 unspecified atom stereocenters. The second kappa shape index (κ2) is 3.15. The molecule has 1 fully saturated rings. The first-order valence-corrected chi connectivity index (χ1v) is 3.22. The summed E-state index contributed by atoms with van der Waals surface area (Å²) >= 11 is 0. The van der Waals surface area contributed by atoms with Gasteiger partial charge in [-0.25, -0.2) is 5.32 Å². The van der Waals surface area contributed by atoms with E-state index in [-0.39, 0.29) is 12.7 Å². The minimum atomic E-state index is -0.0406. The van der Waals surface area contributed by atoms with E-state index in [0.717, 1.165) is 0 Å². The molecule has 1 saturated heterocycles. The molecule has 53 valence electrons.